The zero-order chi connectivity index (χ0) is 13.4. The van der Waals surface area contributed by atoms with E-state index < -0.39 is 0 Å². The van der Waals surface area contributed by atoms with Crippen LogP contribution in [0.2, 0.25) is 0 Å². The van der Waals surface area contributed by atoms with Gasteiger partial charge in [-0.1, -0.05) is 0 Å². The number of aryl methyl sites for hydroxylation is 2. The molecule has 2 aromatic heterocycles. The molecule has 0 fully saturated rings. The molecule has 2 aromatic carbocycles. The first-order valence-corrected chi connectivity index (χ1v) is 6.99. The van der Waals surface area contributed by atoms with Crippen LogP contribution in [-0.2, 0) is 13.1 Å². The summed E-state index contributed by atoms with van der Waals surface area (Å²) in [6.07, 6.45) is 0. The van der Waals surface area contributed by atoms with Gasteiger partial charge in [0.05, 0.1) is 0 Å². The molecule has 4 rings (SSSR count). The van der Waals surface area contributed by atoms with E-state index in [4.69, 9.17) is 0 Å². The fraction of sp³-hybridized carbons (Fsp3) is 0.125. The van der Waals surface area contributed by atoms with Crippen molar-refractivity contribution >= 4 is 35.9 Å². The molecule has 0 saturated carbocycles. The van der Waals surface area contributed by atoms with Crippen LogP contribution in [0.25, 0.3) is 21.8 Å². The minimum atomic E-state index is 0.992. The monoisotopic (exact) mass is 256 g/mol. The van der Waals surface area contributed by atoms with E-state index in [9.17, 15) is 0 Å². The van der Waals surface area contributed by atoms with Gasteiger partial charge in [-0.15, -0.1) is 0 Å². The summed E-state index contributed by atoms with van der Waals surface area (Å²) in [5, 5.41) is 2.62. The van der Waals surface area contributed by atoms with Gasteiger partial charge >= 0.3 is 118 Å². The molecule has 4 heteroatoms. The van der Waals surface area contributed by atoms with E-state index in [0.29, 0.717) is 0 Å². The molecule has 0 aliphatic carbocycles. The minimum absolute atomic E-state index is 0.992. The second-order valence-electron chi connectivity index (χ2n) is 5.14. The fourth-order valence-electron chi connectivity index (χ4n) is 2.89. The topological polar surface area (TPSA) is 9.86 Å². The molecule has 0 saturated heterocycles. The van der Waals surface area contributed by atoms with E-state index in [2.05, 4.69) is 83.5 Å². The first-order valence-electron chi connectivity index (χ1n) is 6.99. The number of benzene rings is 2. The first-order chi connectivity index (χ1) is 9.92. The van der Waals surface area contributed by atoms with E-state index >= 15 is 0 Å². The number of fused-ring (bicyclic) bond motifs is 2. The van der Waals surface area contributed by atoms with Gasteiger partial charge in [-0.25, -0.2) is 0 Å². The average Bonchev–Trinajstić information content (AvgIpc) is 3.09. The Morgan fingerprint density at radius 3 is 1.60 bits per heavy atom. The number of para-hydroxylation sites is 2. The maximum atomic E-state index is 2.32. The van der Waals surface area contributed by atoms with Crippen molar-refractivity contribution in [2.24, 2.45) is 0 Å². The molecule has 0 bridgehead atoms. The Labute approximate surface area is 119 Å². The van der Waals surface area contributed by atoms with Gasteiger partial charge in [-0.2, -0.15) is 0 Å². The molecule has 0 aliphatic rings. The summed E-state index contributed by atoms with van der Waals surface area (Å²) in [5.74, 6) is 4.37. The summed E-state index contributed by atoms with van der Waals surface area (Å²) in [5.41, 5.74) is 2.62. The van der Waals surface area contributed by atoms with Crippen LogP contribution in [0.4, 0.5) is 0 Å². The van der Waals surface area contributed by atoms with Crippen molar-refractivity contribution in [3.63, 3.8) is 0 Å². The van der Waals surface area contributed by atoms with Crippen molar-refractivity contribution in [3.8, 4) is 0 Å². The molecular weight excluding hydrogens is 242 g/mol. The molecule has 0 amide bonds. The molecule has 94 valence electrons. The summed E-state index contributed by atoms with van der Waals surface area (Å²) in [6, 6.07) is 17.1. The molecule has 0 N–H and O–H groups in total. The third kappa shape index (κ3) is 1.92. The SMILES string of the molecule is b1cc2ccccc2n1CCn1bcc2ccccc21. The number of rotatable bonds is 3. The van der Waals surface area contributed by atoms with Crippen molar-refractivity contribution in [1.82, 2.24) is 8.95 Å². The molecule has 20 heavy (non-hydrogen) atoms. The van der Waals surface area contributed by atoms with Gasteiger partial charge < -0.3 is 0 Å². The summed E-state index contributed by atoms with van der Waals surface area (Å²) < 4.78 is 4.65. The number of aromatic nitrogens is 2. The molecular formula is C16H14B2N2. The standard InChI is InChI=1S/C16H14B2N2/c1-3-7-15-13(5-1)11-17-19(15)9-10-20-16-8-4-2-6-14(16)12-18-20/h1-8,11-12H,9-10H2. The van der Waals surface area contributed by atoms with Crippen LogP contribution in [-0.4, -0.2) is 23.1 Å². The molecule has 0 radical (unpaired) electrons. The third-order valence-corrected chi connectivity index (χ3v) is 3.94. The van der Waals surface area contributed by atoms with Crippen LogP contribution < -0.4 is 0 Å². The van der Waals surface area contributed by atoms with Crippen LogP contribution in [0.3, 0.4) is 0 Å². The van der Waals surface area contributed by atoms with Crippen molar-refractivity contribution < 1.29 is 0 Å². The van der Waals surface area contributed by atoms with Gasteiger partial charge in [0.1, 0.15) is 0 Å². The Hall–Kier alpha value is -2.09. The maximum absolute atomic E-state index is 2.32. The van der Waals surface area contributed by atoms with E-state index in [1.54, 1.807) is 0 Å². The fourth-order valence-corrected chi connectivity index (χ4v) is 2.89. The summed E-state index contributed by atoms with van der Waals surface area (Å²) in [6.45, 7) is 1.98. The van der Waals surface area contributed by atoms with Gasteiger partial charge in [0.15, 0.2) is 0 Å². The Bertz CT molecular complexity index is 802. The van der Waals surface area contributed by atoms with E-state index in [-0.39, 0.29) is 0 Å². The Morgan fingerprint density at radius 2 is 1.10 bits per heavy atom. The van der Waals surface area contributed by atoms with Crippen LogP contribution in [0.1, 0.15) is 0 Å². The normalized spacial score (nSPS) is 11.0. The summed E-state index contributed by atoms with van der Waals surface area (Å²) in [7, 11) is 4.35. The van der Waals surface area contributed by atoms with Crippen LogP contribution in [0.15, 0.2) is 60.5 Å². The van der Waals surface area contributed by atoms with Crippen LogP contribution in [0.5, 0.6) is 0 Å². The average molecular weight is 256 g/mol. The number of hydrogen-bond donors (Lipinski definition) is 0. The first kappa shape index (κ1) is 11.7. The van der Waals surface area contributed by atoms with Gasteiger partial charge in [0.2, 0.25) is 0 Å². The van der Waals surface area contributed by atoms with Gasteiger partial charge in [-0.3, -0.25) is 0 Å². The van der Waals surface area contributed by atoms with Crippen molar-refractivity contribution in [2.75, 3.05) is 0 Å². The third-order valence-electron chi connectivity index (χ3n) is 3.94. The molecule has 0 spiro atoms. The van der Waals surface area contributed by atoms with E-state index in [1.807, 2.05) is 0 Å². The van der Waals surface area contributed by atoms with Gasteiger partial charge in [0, 0.05) is 0 Å². The number of nitrogens with zero attached hydrogens (tertiary/aromatic N) is 2. The quantitative estimate of drug-likeness (QED) is 0.533. The zero-order valence-corrected chi connectivity index (χ0v) is 11.2. The van der Waals surface area contributed by atoms with Crippen LogP contribution in [0, 0.1) is 0 Å². The predicted octanol–water partition coefficient (Wildman–Crippen LogP) is 2.97. The van der Waals surface area contributed by atoms with Crippen molar-refractivity contribution in [3.05, 3.63) is 60.5 Å². The summed E-state index contributed by atoms with van der Waals surface area (Å²) >= 11 is 0. The second kappa shape index (κ2) is 4.78. The van der Waals surface area contributed by atoms with Crippen molar-refractivity contribution in [1.29, 1.82) is 0 Å². The van der Waals surface area contributed by atoms with E-state index in [0.717, 1.165) is 13.1 Å². The zero-order valence-electron chi connectivity index (χ0n) is 11.2. The molecule has 0 aliphatic heterocycles. The molecule has 4 aromatic rings. The molecule has 2 heterocycles. The van der Waals surface area contributed by atoms with Gasteiger partial charge in [-0.05, 0) is 0 Å². The second-order valence-corrected chi connectivity index (χ2v) is 5.14. The molecule has 0 unspecified atom stereocenters. The van der Waals surface area contributed by atoms with E-state index in [1.165, 1.54) is 21.8 Å². The van der Waals surface area contributed by atoms with Crippen LogP contribution >= 0.6 is 0 Å². The predicted molar refractivity (Wildman–Crippen MR) is 86.6 cm³/mol. The Kier molecular flexibility index (Phi) is 2.80. The Balaban J connectivity index is 1.64. The molecule has 2 nitrogen and oxygen atoms in total. The Morgan fingerprint density at radius 1 is 0.650 bits per heavy atom. The molecule has 0 atom stereocenters. The number of hydrogen-bond acceptors (Lipinski definition) is 0. The van der Waals surface area contributed by atoms with Crippen molar-refractivity contribution in [2.45, 2.75) is 13.1 Å². The summed E-state index contributed by atoms with van der Waals surface area (Å²) in [4.78, 5) is 0. The van der Waals surface area contributed by atoms with Gasteiger partial charge in [0.25, 0.3) is 0 Å².